The van der Waals surface area contributed by atoms with Gasteiger partial charge in [0.1, 0.15) is 0 Å². The molecule has 1 heterocycles. The molecular formula is C16H27N5O6. The SMILES string of the molecule is CC(=O)NC[C@@H](NC(C)=O)C1[C@H](NC(C)=O)[C@@H](NC(C)=O)[C@H](O)N1C(C)=O. The Morgan fingerprint density at radius 2 is 1.37 bits per heavy atom. The molecule has 0 aromatic heterocycles. The third-order valence-electron chi connectivity index (χ3n) is 4.16. The highest BCUT2D eigenvalue weighted by atomic mass is 16.3. The molecule has 0 aliphatic carbocycles. The van der Waals surface area contributed by atoms with Gasteiger partial charge < -0.3 is 31.3 Å². The molecule has 1 unspecified atom stereocenters. The number of hydrogen-bond acceptors (Lipinski definition) is 6. The lowest BCUT2D eigenvalue weighted by Gasteiger charge is -2.35. The first-order valence-electron chi connectivity index (χ1n) is 8.48. The van der Waals surface area contributed by atoms with Crippen molar-refractivity contribution in [1.29, 1.82) is 0 Å². The van der Waals surface area contributed by atoms with Crippen LogP contribution in [0.3, 0.4) is 0 Å². The lowest BCUT2D eigenvalue weighted by atomic mass is 9.97. The number of carbonyl (C=O) groups is 5. The van der Waals surface area contributed by atoms with Crippen LogP contribution in [0, 0.1) is 0 Å². The van der Waals surface area contributed by atoms with E-state index >= 15 is 0 Å². The van der Waals surface area contributed by atoms with E-state index in [1.165, 1.54) is 34.6 Å². The molecule has 0 spiro atoms. The molecule has 152 valence electrons. The number of nitrogens with one attached hydrogen (secondary N) is 4. The number of rotatable bonds is 6. The second kappa shape index (κ2) is 9.31. The summed E-state index contributed by atoms with van der Waals surface area (Å²) in [5.74, 6) is -2.20. The van der Waals surface area contributed by atoms with Gasteiger partial charge in [0.15, 0.2) is 6.23 Å². The Labute approximate surface area is 157 Å². The molecule has 0 saturated carbocycles. The van der Waals surface area contributed by atoms with Crippen LogP contribution in [-0.2, 0) is 24.0 Å². The molecule has 1 aliphatic rings. The van der Waals surface area contributed by atoms with Gasteiger partial charge in [0.05, 0.1) is 24.2 Å². The second-order valence-corrected chi connectivity index (χ2v) is 6.53. The van der Waals surface area contributed by atoms with E-state index in [1.807, 2.05) is 0 Å². The maximum absolute atomic E-state index is 12.2. The van der Waals surface area contributed by atoms with Crippen LogP contribution in [0.25, 0.3) is 0 Å². The van der Waals surface area contributed by atoms with E-state index in [0.717, 1.165) is 4.90 Å². The summed E-state index contributed by atoms with van der Waals surface area (Å²) in [6.07, 6.45) is -1.43. The monoisotopic (exact) mass is 385 g/mol. The summed E-state index contributed by atoms with van der Waals surface area (Å²) in [4.78, 5) is 59.5. The minimum absolute atomic E-state index is 0.0427. The van der Waals surface area contributed by atoms with Gasteiger partial charge in [0.2, 0.25) is 29.5 Å². The topological polar surface area (TPSA) is 157 Å². The average Bonchev–Trinajstić information content (AvgIpc) is 2.75. The summed E-state index contributed by atoms with van der Waals surface area (Å²) in [5, 5.41) is 21.0. The van der Waals surface area contributed by atoms with E-state index in [-0.39, 0.29) is 12.5 Å². The van der Waals surface area contributed by atoms with E-state index in [0.29, 0.717) is 0 Å². The Morgan fingerprint density at radius 3 is 1.78 bits per heavy atom. The van der Waals surface area contributed by atoms with Gasteiger partial charge in [-0.25, -0.2) is 0 Å². The van der Waals surface area contributed by atoms with Crippen molar-refractivity contribution in [3.63, 3.8) is 0 Å². The zero-order valence-electron chi connectivity index (χ0n) is 16.0. The first kappa shape index (κ1) is 22.4. The Hall–Kier alpha value is -2.69. The summed E-state index contributed by atoms with van der Waals surface area (Å²) in [6.45, 7) is 6.24. The fourth-order valence-electron chi connectivity index (χ4n) is 3.34. The average molecular weight is 385 g/mol. The van der Waals surface area contributed by atoms with Crippen LogP contribution in [0.4, 0.5) is 0 Å². The van der Waals surface area contributed by atoms with Crippen molar-refractivity contribution >= 4 is 29.5 Å². The highest BCUT2D eigenvalue weighted by Gasteiger charge is 2.53. The molecule has 1 aliphatic heterocycles. The van der Waals surface area contributed by atoms with Crippen LogP contribution in [0.5, 0.6) is 0 Å². The van der Waals surface area contributed by atoms with Crippen LogP contribution in [0.2, 0.25) is 0 Å². The van der Waals surface area contributed by atoms with E-state index in [9.17, 15) is 29.1 Å². The van der Waals surface area contributed by atoms with Gasteiger partial charge in [-0.05, 0) is 0 Å². The van der Waals surface area contributed by atoms with Gasteiger partial charge in [0.25, 0.3) is 0 Å². The molecule has 0 aromatic carbocycles. The minimum Gasteiger partial charge on any atom is -0.371 e. The fraction of sp³-hybridized carbons (Fsp3) is 0.688. The highest BCUT2D eigenvalue weighted by molar-refractivity contribution is 5.79. The summed E-state index contributed by atoms with van der Waals surface area (Å²) in [7, 11) is 0. The molecule has 0 bridgehead atoms. The molecule has 11 nitrogen and oxygen atoms in total. The third kappa shape index (κ3) is 5.91. The van der Waals surface area contributed by atoms with Crippen molar-refractivity contribution in [2.24, 2.45) is 0 Å². The number of aliphatic hydroxyl groups excluding tert-OH is 1. The predicted octanol–water partition coefficient (Wildman–Crippen LogP) is -2.81. The summed E-state index contributed by atoms with van der Waals surface area (Å²) >= 11 is 0. The van der Waals surface area contributed by atoms with Gasteiger partial charge in [-0.3, -0.25) is 24.0 Å². The number of carbonyl (C=O) groups excluding carboxylic acids is 5. The Morgan fingerprint density at radius 1 is 0.852 bits per heavy atom. The molecule has 1 rings (SSSR count). The Balaban J connectivity index is 3.37. The smallest absolute Gasteiger partial charge is 0.221 e. The zero-order valence-corrected chi connectivity index (χ0v) is 16.0. The molecule has 0 aromatic rings. The predicted molar refractivity (Wildman–Crippen MR) is 93.8 cm³/mol. The lowest BCUT2D eigenvalue weighted by Crippen LogP contribution is -2.62. The molecule has 5 amide bonds. The Kier molecular flexibility index (Phi) is 7.70. The largest absolute Gasteiger partial charge is 0.371 e. The quantitative estimate of drug-likeness (QED) is 0.332. The minimum atomic E-state index is -1.43. The van der Waals surface area contributed by atoms with Gasteiger partial charge in [-0.1, -0.05) is 0 Å². The van der Waals surface area contributed by atoms with Gasteiger partial charge in [0, 0.05) is 41.2 Å². The van der Waals surface area contributed by atoms with Gasteiger partial charge in [-0.2, -0.15) is 0 Å². The van der Waals surface area contributed by atoms with Gasteiger partial charge >= 0.3 is 0 Å². The van der Waals surface area contributed by atoms with Crippen LogP contribution in [-0.4, -0.2) is 76.5 Å². The number of nitrogens with zero attached hydrogens (tertiary/aromatic N) is 1. The summed E-state index contributed by atoms with van der Waals surface area (Å²) < 4.78 is 0. The molecular weight excluding hydrogens is 358 g/mol. The van der Waals surface area contributed by atoms with Crippen LogP contribution in [0.15, 0.2) is 0 Å². The maximum Gasteiger partial charge on any atom is 0.221 e. The standard InChI is InChI=1S/C16H27N5O6/c1-7(22)17-6-12(18-8(2)23)15-13(19-9(3)24)14(20-10(4)25)16(27)21(15)11(5)26/h12-16,27H,6H2,1-5H3,(H,17,22)(H,18,23)(H,19,24)(H,20,25)/t12-,13-,14-,15?,16+/m1/s1. The number of likely N-dealkylation sites (tertiary alicyclic amines) is 1. The van der Waals surface area contributed by atoms with Crippen molar-refractivity contribution in [1.82, 2.24) is 26.2 Å². The summed E-state index contributed by atoms with van der Waals surface area (Å²) in [5.41, 5.74) is 0. The molecule has 11 heteroatoms. The normalized spacial score (nSPS) is 25.3. The Bertz CT molecular complexity index is 624. The van der Waals surface area contributed by atoms with Crippen LogP contribution >= 0.6 is 0 Å². The second-order valence-electron chi connectivity index (χ2n) is 6.53. The van der Waals surface area contributed by atoms with Crippen molar-refractivity contribution < 1.29 is 29.1 Å². The van der Waals surface area contributed by atoms with E-state index in [1.54, 1.807) is 0 Å². The van der Waals surface area contributed by atoms with Crippen LogP contribution in [0.1, 0.15) is 34.6 Å². The lowest BCUT2D eigenvalue weighted by molar-refractivity contribution is -0.141. The van der Waals surface area contributed by atoms with Crippen LogP contribution < -0.4 is 21.3 Å². The first-order valence-corrected chi connectivity index (χ1v) is 8.48. The van der Waals surface area contributed by atoms with E-state index in [2.05, 4.69) is 21.3 Å². The molecule has 1 saturated heterocycles. The first-order chi connectivity index (χ1) is 12.5. The zero-order chi connectivity index (χ0) is 20.9. The molecule has 5 atom stereocenters. The molecule has 1 fully saturated rings. The van der Waals surface area contributed by atoms with Crippen molar-refractivity contribution in [3.05, 3.63) is 0 Å². The van der Waals surface area contributed by atoms with Gasteiger partial charge in [-0.15, -0.1) is 0 Å². The third-order valence-corrected chi connectivity index (χ3v) is 4.16. The number of aliphatic hydroxyl groups is 1. The number of amides is 5. The molecule has 0 radical (unpaired) electrons. The summed E-state index contributed by atoms with van der Waals surface area (Å²) in [6, 6.07) is -3.61. The molecule has 27 heavy (non-hydrogen) atoms. The van der Waals surface area contributed by atoms with Crippen molar-refractivity contribution in [3.8, 4) is 0 Å². The van der Waals surface area contributed by atoms with E-state index < -0.39 is 54.0 Å². The fourth-order valence-corrected chi connectivity index (χ4v) is 3.34. The maximum atomic E-state index is 12.2. The van der Waals surface area contributed by atoms with Crippen molar-refractivity contribution in [2.45, 2.75) is 65.0 Å². The van der Waals surface area contributed by atoms with Crippen molar-refractivity contribution in [2.75, 3.05) is 6.54 Å². The highest BCUT2D eigenvalue weighted by Crippen LogP contribution is 2.27. The van der Waals surface area contributed by atoms with E-state index in [4.69, 9.17) is 0 Å². The number of hydrogen-bond donors (Lipinski definition) is 5. The molecule has 5 N–H and O–H groups in total.